The van der Waals surface area contributed by atoms with Crippen LogP contribution in [0, 0.1) is 11.7 Å². The summed E-state index contributed by atoms with van der Waals surface area (Å²) in [5.41, 5.74) is 3.46. The number of benzene rings is 1. The molecule has 0 aliphatic heterocycles. The number of nitrogens with one attached hydrogen (secondary N) is 1. The topological polar surface area (TPSA) is 59.8 Å². The molecule has 1 aliphatic carbocycles. The highest BCUT2D eigenvalue weighted by molar-refractivity contribution is 5.91. The number of nitrogens with zero attached hydrogens (tertiary/aromatic N) is 3. The van der Waals surface area contributed by atoms with E-state index in [0.29, 0.717) is 18.2 Å². The van der Waals surface area contributed by atoms with Gasteiger partial charge < -0.3 is 5.32 Å². The van der Waals surface area contributed by atoms with E-state index in [1.165, 1.54) is 25.0 Å². The van der Waals surface area contributed by atoms with Crippen LogP contribution in [0.3, 0.4) is 0 Å². The van der Waals surface area contributed by atoms with Crippen molar-refractivity contribution in [2.75, 3.05) is 5.32 Å². The fourth-order valence-corrected chi connectivity index (χ4v) is 3.95. The van der Waals surface area contributed by atoms with Crippen molar-refractivity contribution in [1.29, 1.82) is 0 Å². The van der Waals surface area contributed by atoms with E-state index in [9.17, 15) is 9.18 Å². The lowest BCUT2D eigenvalue weighted by molar-refractivity contribution is -0.117. The summed E-state index contributed by atoms with van der Waals surface area (Å²) in [6.45, 7) is 2.75. The lowest BCUT2D eigenvalue weighted by atomic mass is 10.0. The normalized spacial score (nSPS) is 14.3. The largest absolute Gasteiger partial charge is 0.311 e. The SMILES string of the molecule is CCn1cc(-c2ccnc(NC(=O)CC3CCCC3)c2)c(-c2ccc(F)cc2)n1. The fraction of sp³-hybridized carbons (Fsp3) is 0.348. The summed E-state index contributed by atoms with van der Waals surface area (Å²) in [7, 11) is 0. The van der Waals surface area contributed by atoms with Gasteiger partial charge in [-0.3, -0.25) is 9.48 Å². The molecule has 5 nitrogen and oxygen atoms in total. The van der Waals surface area contributed by atoms with E-state index in [1.54, 1.807) is 18.3 Å². The second-order valence-electron chi connectivity index (χ2n) is 7.59. The number of anilines is 1. The summed E-state index contributed by atoms with van der Waals surface area (Å²) in [5.74, 6) is 0.775. The molecule has 0 atom stereocenters. The first kappa shape index (κ1) is 19.3. The van der Waals surface area contributed by atoms with E-state index >= 15 is 0 Å². The van der Waals surface area contributed by atoms with E-state index in [2.05, 4.69) is 15.4 Å². The number of amides is 1. The van der Waals surface area contributed by atoms with Gasteiger partial charge in [-0.05, 0) is 67.6 Å². The summed E-state index contributed by atoms with van der Waals surface area (Å²) >= 11 is 0. The maximum absolute atomic E-state index is 13.3. The van der Waals surface area contributed by atoms with Gasteiger partial charge in [-0.25, -0.2) is 9.37 Å². The number of hydrogen-bond acceptors (Lipinski definition) is 3. The number of halogens is 1. The zero-order valence-corrected chi connectivity index (χ0v) is 16.6. The molecule has 1 fully saturated rings. The molecule has 6 heteroatoms. The van der Waals surface area contributed by atoms with Crippen molar-refractivity contribution < 1.29 is 9.18 Å². The maximum Gasteiger partial charge on any atom is 0.225 e. The lowest BCUT2D eigenvalue weighted by Crippen LogP contribution is -2.15. The van der Waals surface area contributed by atoms with Crippen LogP contribution in [0.4, 0.5) is 10.2 Å². The highest BCUT2D eigenvalue weighted by Gasteiger charge is 2.19. The van der Waals surface area contributed by atoms with Gasteiger partial charge in [0, 0.05) is 36.5 Å². The van der Waals surface area contributed by atoms with E-state index in [1.807, 2.05) is 29.9 Å². The van der Waals surface area contributed by atoms with Crippen molar-refractivity contribution in [3.05, 3.63) is 54.6 Å². The molecule has 1 N–H and O–H groups in total. The molecule has 1 aliphatic rings. The van der Waals surface area contributed by atoms with Crippen molar-refractivity contribution in [2.24, 2.45) is 5.92 Å². The van der Waals surface area contributed by atoms with Crippen molar-refractivity contribution in [3.63, 3.8) is 0 Å². The average molecular weight is 392 g/mol. The van der Waals surface area contributed by atoms with Gasteiger partial charge in [-0.1, -0.05) is 12.8 Å². The van der Waals surface area contributed by atoms with Crippen LogP contribution in [-0.4, -0.2) is 20.7 Å². The number of aryl methyl sites for hydroxylation is 1. The predicted molar refractivity (Wildman–Crippen MR) is 112 cm³/mol. The zero-order chi connectivity index (χ0) is 20.2. The summed E-state index contributed by atoms with van der Waals surface area (Å²) in [4.78, 5) is 16.7. The molecule has 4 rings (SSSR count). The zero-order valence-electron chi connectivity index (χ0n) is 16.6. The minimum atomic E-state index is -0.276. The molecule has 0 radical (unpaired) electrons. The quantitative estimate of drug-likeness (QED) is 0.620. The summed E-state index contributed by atoms with van der Waals surface area (Å²) in [6.07, 6.45) is 8.94. The number of carbonyl (C=O) groups excluding carboxylic acids is 1. The smallest absolute Gasteiger partial charge is 0.225 e. The van der Waals surface area contributed by atoms with Gasteiger partial charge in [0.2, 0.25) is 5.91 Å². The van der Waals surface area contributed by atoms with Gasteiger partial charge >= 0.3 is 0 Å². The van der Waals surface area contributed by atoms with E-state index in [4.69, 9.17) is 0 Å². The fourth-order valence-electron chi connectivity index (χ4n) is 3.95. The maximum atomic E-state index is 13.3. The van der Waals surface area contributed by atoms with Crippen molar-refractivity contribution in [2.45, 2.75) is 45.6 Å². The van der Waals surface area contributed by atoms with E-state index < -0.39 is 0 Å². The van der Waals surface area contributed by atoms with E-state index in [-0.39, 0.29) is 11.7 Å². The Labute approximate surface area is 170 Å². The third kappa shape index (κ3) is 4.53. The first-order valence-electron chi connectivity index (χ1n) is 10.2. The lowest BCUT2D eigenvalue weighted by Gasteiger charge is -2.10. The molecule has 29 heavy (non-hydrogen) atoms. The molecule has 2 aromatic heterocycles. The van der Waals surface area contributed by atoms with Crippen LogP contribution in [0.5, 0.6) is 0 Å². The van der Waals surface area contributed by atoms with Crippen LogP contribution >= 0.6 is 0 Å². The summed E-state index contributed by atoms with van der Waals surface area (Å²) < 4.78 is 15.2. The van der Waals surface area contributed by atoms with Crippen LogP contribution in [0.1, 0.15) is 39.0 Å². The highest BCUT2D eigenvalue weighted by atomic mass is 19.1. The summed E-state index contributed by atoms with van der Waals surface area (Å²) in [5, 5.41) is 7.59. The van der Waals surface area contributed by atoms with Crippen molar-refractivity contribution in [3.8, 4) is 22.4 Å². The third-order valence-electron chi connectivity index (χ3n) is 5.49. The standard InChI is InChI=1S/C23H25FN4O/c1-2-28-15-20(23(27-28)17-7-9-19(24)10-8-17)18-11-12-25-21(14-18)26-22(29)13-16-5-3-4-6-16/h7-12,14-16H,2-6,13H2,1H3,(H,25,26,29). The predicted octanol–water partition coefficient (Wildman–Crippen LogP) is 5.29. The molecule has 1 aromatic carbocycles. The molecule has 0 spiro atoms. The molecular weight excluding hydrogens is 367 g/mol. The number of hydrogen-bond donors (Lipinski definition) is 1. The number of aromatic nitrogens is 3. The molecule has 3 aromatic rings. The van der Waals surface area contributed by atoms with Gasteiger partial charge in [-0.15, -0.1) is 0 Å². The first-order chi connectivity index (χ1) is 14.1. The van der Waals surface area contributed by atoms with Crippen LogP contribution < -0.4 is 5.32 Å². The molecule has 0 bridgehead atoms. The Morgan fingerprint density at radius 1 is 1.17 bits per heavy atom. The van der Waals surface area contributed by atoms with Gasteiger partial charge in [0.25, 0.3) is 0 Å². The van der Waals surface area contributed by atoms with Crippen LogP contribution in [0.2, 0.25) is 0 Å². The molecule has 1 amide bonds. The van der Waals surface area contributed by atoms with E-state index in [0.717, 1.165) is 41.8 Å². The number of rotatable bonds is 6. The van der Waals surface area contributed by atoms with Gasteiger partial charge in [0.1, 0.15) is 17.3 Å². The molecule has 2 heterocycles. The van der Waals surface area contributed by atoms with Crippen LogP contribution in [0.15, 0.2) is 48.8 Å². The number of pyridine rings is 1. The third-order valence-corrected chi connectivity index (χ3v) is 5.49. The van der Waals surface area contributed by atoms with Gasteiger partial charge in [0.05, 0.1) is 0 Å². The Hall–Kier alpha value is -3.02. The van der Waals surface area contributed by atoms with Gasteiger partial charge in [0.15, 0.2) is 0 Å². The molecular formula is C23H25FN4O. The molecule has 1 saturated carbocycles. The molecule has 0 saturated heterocycles. The minimum Gasteiger partial charge on any atom is -0.311 e. The Morgan fingerprint density at radius 2 is 1.93 bits per heavy atom. The van der Waals surface area contributed by atoms with Crippen LogP contribution in [0.25, 0.3) is 22.4 Å². The molecule has 0 unspecified atom stereocenters. The summed E-state index contributed by atoms with van der Waals surface area (Å²) in [6, 6.07) is 10.1. The van der Waals surface area contributed by atoms with Crippen LogP contribution in [-0.2, 0) is 11.3 Å². The monoisotopic (exact) mass is 392 g/mol. The van der Waals surface area contributed by atoms with Crippen molar-refractivity contribution in [1.82, 2.24) is 14.8 Å². The number of carbonyl (C=O) groups is 1. The Morgan fingerprint density at radius 3 is 2.66 bits per heavy atom. The van der Waals surface area contributed by atoms with Gasteiger partial charge in [-0.2, -0.15) is 5.10 Å². The minimum absolute atomic E-state index is 0.0181. The first-order valence-corrected chi connectivity index (χ1v) is 10.2. The second-order valence-corrected chi connectivity index (χ2v) is 7.59. The molecule has 150 valence electrons. The Balaban J connectivity index is 1.59. The highest BCUT2D eigenvalue weighted by Crippen LogP contribution is 2.32. The van der Waals surface area contributed by atoms with Crippen molar-refractivity contribution >= 4 is 11.7 Å². The Kier molecular flexibility index (Phi) is 5.69. The average Bonchev–Trinajstić information content (AvgIpc) is 3.38. The second kappa shape index (κ2) is 8.55. The Bertz CT molecular complexity index is 990.